The monoisotopic (exact) mass is 268 g/mol. The molecule has 1 aromatic carbocycles. The van der Waals surface area contributed by atoms with Crippen molar-refractivity contribution in [3.05, 3.63) is 29.8 Å². The van der Waals surface area contributed by atoms with E-state index >= 15 is 0 Å². The molecule has 0 aliphatic carbocycles. The first-order valence-corrected chi connectivity index (χ1v) is 6.07. The molecule has 0 aromatic heterocycles. The molecular weight excluding hydrogens is 248 g/mol. The van der Waals surface area contributed by atoms with E-state index in [2.05, 4.69) is 5.32 Å². The normalized spacial score (nSPS) is 12.1. The van der Waals surface area contributed by atoms with Crippen molar-refractivity contribution in [3.63, 3.8) is 0 Å². The molecule has 0 bridgehead atoms. The second-order valence-electron chi connectivity index (χ2n) is 3.98. The van der Waals surface area contributed by atoms with Crippen molar-refractivity contribution in [2.75, 3.05) is 26.8 Å². The molecule has 0 aliphatic rings. The molecule has 0 heterocycles. The highest BCUT2D eigenvalue weighted by Gasteiger charge is 2.14. The molecule has 6 heteroatoms. The number of benzene rings is 1. The highest BCUT2D eigenvalue weighted by molar-refractivity contribution is 5.73. The van der Waals surface area contributed by atoms with Crippen LogP contribution in [0.4, 0.5) is 0 Å². The van der Waals surface area contributed by atoms with Gasteiger partial charge in [0.2, 0.25) is 0 Å². The summed E-state index contributed by atoms with van der Waals surface area (Å²) in [5.41, 5.74) is 6.29. The minimum absolute atomic E-state index is 0.111. The van der Waals surface area contributed by atoms with Gasteiger partial charge in [-0.3, -0.25) is 4.79 Å². The highest BCUT2D eigenvalue weighted by atomic mass is 16.5. The van der Waals surface area contributed by atoms with Crippen molar-refractivity contribution < 1.29 is 19.4 Å². The number of carboxylic acids is 1. The third-order valence-corrected chi connectivity index (χ3v) is 2.48. The first kappa shape index (κ1) is 15.4. The van der Waals surface area contributed by atoms with Gasteiger partial charge < -0.3 is 25.6 Å². The van der Waals surface area contributed by atoms with E-state index in [4.69, 9.17) is 20.3 Å². The molecule has 0 fully saturated rings. The first-order chi connectivity index (χ1) is 9.17. The fraction of sp³-hybridized carbons (Fsp3) is 0.462. The van der Waals surface area contributed by atoms with E-state index in [0.717, 1.165) is 11.3 Å². The highest BCUT2D eigenvalue weighted by Crippen LogP contribution is 2.13. The van der Waals surface area contributed by atoms with Crippen LogP contribution in [0.2, 0.25) is 0 Å². The Hall–Kier alpha value is -1.63. The lowest BCUT2D eigenvalue weighted by Crippen LogP contribution is -2.37. The number of likely N-dealkylation sites (N-methyl/N-ethyl adjacent to an activating group) is 1. The molecule has 0 radical (unpaired) electrons. The molecule has 1 atom stereocenters. The lowest BCUT2D eigenvalue weighted by molar-refractivity contribution is -0.141. The van der Waals surface area contributed by atoms with Gasteiger partial charge in [0.05, 0.1) is 13.2 Å². The van der Waals surface area contributed by atoms with Crippen LogP contribution in [-0.2, 0) is 16.1 Å². The van der Waals surface area contributed by atoms with Crippen LogP contribution in [-0.4, -0.2) is 43.9 Å². The molecule has 19 heavy (non-hydrogen) atoms. The maximum atomic E-state index is 10.8. The lowest BCUT2D eigenvalue weighted by Gasteiger charge is -2.12. The third kappa shape index (κ3) is 5.69. The van der Waals surface area contributed by atoms with Gasteiger partial charge in [0.15, 0.2) is 0 Å². The first-order valence-electron chi connectivity index (χ1n) is 6.07. The third-order valence-electron chi connectivity index (χ3n) is 2.48. The molecule has 0 spiro atoms. The van der Waals surface area contributed by atoms with E-state index in [1.807, 2.05) is 24.3 Å². The summed E-state index contributed by atoms with van der Waals surface area (Å²) in [5, 5.41) is 11.5. The Morgan fingerprint density at radius 2 is 2.32 bits per heavy atom. The van der Waals surface area contributed by atoms with Crippen LogP contribution in [0.1, 0.15) is 5.56 Å². The maximum absolute atomic E-state index is 10.8. The predicted octanol–water partition coefficient (Wildman–Crippen LogP) is 0.213. The minimum atomic E-state index is -0.928. The standard InChI is InChI=1S/C13H20N2O4/c1-15-12(13(16)17)9-18-8-10-3-2-4-11(7-10)19-6-5-14/h2-4,7,12,15H,5-6,8-9,14H2,1H3,(H,16,17). The van der Waals surface area contributed by atoms with Crippen molar-refractivity contribution in [1.82, 2.24) is 5.32 Å². The van der Waals surface area contributed by atoms with E-state index in [0.29, 0.717) is 19.8 Å². The number of nitrogens with one attached hydrogen (secondary N) is 1. The average Bonchev–Trinajstić information content (AvgIpc) is 2.41. The molecule has 0 aliphatic heterocycles. The van der Waals surface area contributed by atoms with E-state index in [1.54, 1.807) is 7.05 Å². The fourth-order valence-electron chi connectivity index (χ4n) is 1.47. The van der Waals surface area contributed by atoms with Crippen LogP contribution >= 0.6 is 0 Å². The molecule has 0 amide bonds. The van der Waals surface area contributed by atoms with Crippen LogP contribution in [0.5, 0.6) is 5.75 Å². The Balaban J connectivity index is 2.42. The van der Waals surface area contributed by atoms with Gasteiger partial charge in [-0.15, -0.1) is 0 Å². The predicted molar refractivity (Wildman–Crippen MR) is 71.1 cm³/mol. The summed E-state index contributed by atoms with van der Waals surface area (Å²) < 4.78 is 10.8. The number of hydrogen-bond donors (Lipinski definition) is 3. The van der Waals surface area contributed by atoms with Gasteiger partial charge in [-0.25, -0.2) is 0 Å². The molecule has 1 rings (SSSR count). The largest absolute Gasteiger partial charge is 0.492 e. The van der Waals surface area contributed by atoms with Gasteiger partial charge in [0.25, 0.3) is 0 Å². The number of ether oxygens (including phenoxy) is 2. The number of nitrogens with two attached hydrogens (primary N) is 1. The van der Waals surface area contributed by atoms with Crippen LogP contribution in [0.25, 0.3) is 0 Å². The summed E-state index contributed by atoms with van der Waals surface area (Å²) in [4.78, 5) is 10.8. The molecule has 0 saturated carbocycles. The van der Waals surface area contributed by atoms with Crippen LogP contribution < -0.4 is 15.8 Å². The Kier molecular flexibility index (Phi) is 6.88. The zero-order valence-electron chi connectivity index (χ0n) is 11.0. The summed E-state index contributed by atoms with van der Waals surface area (Å²) in [6.07, 6.45) is 0. The Morgan fingerprint density at radius 1 is 1.53 bits per heavy atom. The van der Waals surface area contributed by atoms with Crippen LogP contribution in [0.15, 0.2) is 24.3 Å². The smallest absolute Gasteiger partial charge is 0.323 e. The van der Waals surface area contributed by atoms with Gasteiger partial charge >= 0.3 is 5.97 Å². The minimum Gasteiger partial charge on any atom is -0.492 e. The van der Waals surface area contributed by atoms with Crippen LogP contribution in [0.3, 0.4) is 0 Å². The van der Waals surface area contributed by atoms with E-state index in [1.165, 1.54) is 0 Å². The van der Waals surface area contributed by atoms with Crippen molar-refractivity contribution >= 4 is 5.97 Å². The SMILES string of the molecule is CNC(COCc1cccc(OCCN)c1)C(=O)O. The Morgan fingerprint density at radius 3 is 2.95 bits per heavy atom. The van der Waals surface area contributed by atoms with Gasteiger partial charge in [-0.1, -0.05) is 12.1 Å². The molecule has 0 saturated heterocycles. The Labute approximate surface area is 112 Å². The maximum Gasteiger partial charge on any atom is 0.323 e. The summed E-state index contributed by atoms with van der Waals surface area (Å²) in [6.45, 7) is 1.37. The molecule has 4 N–H and O–H groups in total. The van der Waals surface area contributed by atoms with E-state index in [9.17, 15) is 4.79 Å². The van der Waals surface area contributed by atoms with Gasteiger partial charge in [0.1, 0.15) is 18.4 Å². The number of aliphatic carboxylic acids is 1. The summed E-state index contributed by atoms with van der Waals surface area (Å²) in [7, 11) is 1.59. The molecule has 106 valence electrons. The second-order valence-corrected chi connectivity index (χ2v) is 3.98. The molecule has 6 nitrogen and oxygen atoms in total. The van der Waals surface area contributed by atoms with Gasteiger partial charge in [-0.05, 0) is 24.7 Å². The average molecular weight is 268 g/mol. The topological polar surface area (TPSA) is 93.8 Å². The number of hydrogen-bond acceptors (Lipinski definition) is 5. The summed E-state index contributed by atoms with van der Waals surface area (Å²) in [6, 6.07) is 6.75. The second kappa shape index (κ2) is 8.47. The number of carbonyl (C=O) groups is 1. The van der Waals surface area contributed by atoms with Crippen molar-refractivity contribution in [1.29, 1.82) is 0 Å². The number of carboxylic acid groups (broad SMARTS) is 1. The van der Waals surface area contributed by atoms with E-state index in [-0.39, 0.29) is 6.61 Å². The Bertz CT molecular complexity index is 398. The lowest BCUT2D eigenvalue weighted by atomic mass is 10.2. The fourth-order valence-corrected chi connectivity index (χ4v) is 1.47. The molecule has 1 unspecified atom stereocenters. The quantitative estimate of drug-likeness (QED) is 0.593. The van der Waals surface area contributed by atoms with Crippen LogP contribution in [0, 0.1) is 0 Å². The molecule has 1 aromatic rings. The van der Waals surface area contributed by atoms with Crippen molar-refractivity contribution in [2.24, 2.45) is 5.73 Å². The summed E-state index contributed by atoms with van der Waals surface area (Å²) >= 11 is 0. The van der Waals surface area contributed by atoms with Gasteiger partial charge in [-0.2, -0.15) is 0 Å². The number of rotatable bonds is 9. The molecular formula is C13H20N2O4. The van der Waals surface area contributed by atoms with Crippen molar-refractivity contribution in [2.45, 2.75) is 12.6 Å². The zero-order chi connectivity index (χ0) is 14.1. The van der Waals surface area contributed by atoms with Gasteiger partial charge in [0, 0.05) is 6.54 Å². The zero-order valence-corrected chi connectivity index (χ0v) is 11.0. The van der Waals surface area contributed by atoms with E-state index < -0.39 is 12.0 Å². The summed E-state index contributed by atoms with van der Waals surface area (Å²) in [5.74, 6) is -0.197. The van der Waals surface area contributed by atoms with Crippen molar-refractivity contribution in [3.8, 4) is 5.75 Å².